The molecule has 3 rings (SSSR count). The zero-order chi connectivity index (χ0) is 16.6. The van der Waals surface area contributed by atoms with Crippen molar-refractivity contribution in [3.8, 4) is 0 Å². The number of primary amides is 1. The third-order valence-corrected chi connectivity index (χ3v) is 3.83. The van der Waals surface area contributed by atoms with E-state index in [0.29, 0.717) is 16.6 Å². The van der Waals surface area contributed by atoms with Crippen molar-refractivity contribution in [1.82, 2.24) is 15.1 Å². The molecule has 1 aliphatic rings. The highest BCUT2D eigenvalue weighted by Crippen LogP contribution is 2.28. The number of nitrogens with one attached hydrogen (secondary N) is 2. The SMILES string of the molecule is NC(=O)c1n[nH]c2ccc(NC(=O)N3CCC(F)(F)CC3)cc12. The Morgan fingerprint density at radius 2 is 2.00 bits per heavy atom. The number of hydrogen-bond donors (Lipinski definition) is 3. The van der Waals surface area contributed by atoms with Crippen LogP contribution in [0.1, 0.15) is 23.3 Å². The molecule has 2 heterocycles. The molecule has 1 aromatic heterocycles. The second-order valence-corrected chi connectivity index (χ2v) is 5.47. The number of aromatic nitrogens is 2. The van der Waals surface area contributed by atoms with Gasteiger partial charge in [-0.3, -0.25) is 9.89 Å². The van der Waals surface area contributed by atoms with Crippen LogP contribution >= 0.6 is 0 Å². The van der Waals surface area contributed by atoms with Crippen LogP contribution in [-0.4, -0.2) is 46.0 Å². The lowest BCUT2D eigenvalue weighted by Gasteiger charge is -2.31. The molecule has 9 heteroatoms. The smallest absolute Gasteiger partial charge is 0.321 e. The number of rotatable bonds is 2. The van der Waals surface area contributed by atoms with E-state index in [1.165, 1.54) is 4.90 Å². The highest BCUT2D eigenvalue weighted by molar-refractivity contribution is 6.05. The number of piperidine rings is 1. The third kappa shape index (κ3) is 3.08. The number of nitrogens with two attached hydrogens (primary N) is 1. The molecule has 1 aromatic carbocycles. The average molecular weight is 323 g/mol. The summed E-state index contributed by atoms with van der Waals surface area (Å²) < 4.78 is 26.2. The molecule has 1 saturated heterocycles. The number of carbonyl (C=O) groups is 2. The molecule has 2 aromatic rings. The minimum absolute atomic E-state index is 0.000671. The Labute approximate surface area is 129 Å². The monoisotopic (exact) mass is 323 g/mol. The van der Waals surface area contributed by atoms with Crippen LogP contribution in [0.25, 0.3) is 10.9 Å². The number of carbonyl (C=O) groups excluding carboxylic acids is 2. The van der Waals surface area contributed by atoms with E-state index in [1.54, 1.807) is 18.2 Å². The van der Waals surface area contributed by atoms with E-state index in [4.69, 9.17) is 5.73 Å². The predicted molar refractivity (Wildman–Crippen MR) is 79.4 cm³/mol. The van der Waals surface area contributed by atoms with Crippen molar-refractivity contribution in [2.75, 3.05) is 18.4 Å². The summed E-state index contributed by atoms with van der Waals surface area (Å²) in [6, 6.07) is 4.38. The number of likely N-dealkylation sites (tertiary alicyclic amines) is 1. The van der Waals surface area contributed by atoms with Crippen LogP contribution in [-0.2, 0) is 0 Å². The Bertz CT molecular complexity index is 764. The molecule has 0 bridgehead atoms. The van der Waals surface area contributed by atoms with Crippen molar-refractivity contribution in [1.29, 1.82) is 0 Å². The molecular weight excluding hydrogens is 308 g/mol. The number of anilines is 1. The van der Waals surface area contributed by atoms with E-state index in [1.807, 2.05) is 0 Å². The molecule has 122 valence electrons. The molecule has 0 aliphatic carbocycles. The molecule has 0 saturated carbocycles. The Morgan fingerprint density at radius 1 is 1.30 bits per heavy atom. The van der Waals surface area contributed by atoms with Crippen molar-refractivity contribution in [3.63, 3.8) is 0 Å². The first-order chi connectivity index (χ1) is 10.9. The summed E-state index contributed by atoms with van der Waals surface area (Å²) in [6.45, 7) is -0.00134. The summed E-state index contributed by atoms with van der Waals surface area (Å²) in [6.07, 6.45) is -0.681. The normalized spacial score (nSPS) is 17.2. The molecule has 4 N–H and O–H groups in total. The van der Waals surface area contributed by atoms with Gasteiger partial charge in [0.15, 0.2) is 5.69 Å². The van der Waals surface area contributed by atoms with Gasteiger partial charge in [0, 0.05) is 37.0 Å². The molecule has 23 heavy (non-hydrogen) atoms. The van der Waals surface area contributed by atoms with Crippen molar-refractivity contribution in [2.24, 2.45) is 5.73 Å². The summed E-state index contributed by atoms with van der Waals surface area (Å²) in [7, 11) is 0. The van der Waals surface area contributed by atoms with Crippen LogP contribution in [0.4, 0.5) is 19.3 Å². The van der Waals surface area contributed by atoms with Crippen molar-refractivity contribution in [3.05, 3.63) is 23.9 Å². The van der Waals surface area contributed by atoms with Crippen molar-refractivity contribution in [2.45, 2.75) is 18.8 Å². The number of H-pyrrole nitrogens is 1. The van der Waals surface area contributed by atoms with E-state index in [0.717, 1.165) is 0 Å². The number of benzene rings is 1. The Hall–Kier alpha value is -2.71. The van der Waals surface area contributed by atoms with Gasteiger partial charge in [-0.2, -0.15) is 5.10 Å². The van der Waals surface area contributed by atoms with Gasteiger partial charge >= 0.3 is 6.03 Å². The Morgan fingerprint density at radius 3 is 2.65 bits per heavy atom. The van der Waals surface area contributed by atoms with Gasteiger partial charge in [0.2, 0.25) is 0 Å². The van der Waals surface area contributed by atoms with Crippen LogP contribution in [0.3, 0.4) is 0 Å². The third-order valence-electron chi connectivity index (χ3n) is 3.83. The summed E-state index contributed by atoms with van der Waals surface area (Å²) in [5.74, 6) is -3.39. The molecular formula is C14H15F2N5O2. The summed E-state index contributed by atoms with van der Waals surface area (Å²) >= 11 is 0. The number of aromatic amines is 1. The number of hydrogen-bond acceptors (Lipinski definition) is 3. The number of fused-ring (bicyclic) bond motifs is 1. The van der Waals surface area contributed by atoms with Gasteiger partial charge < -0.3 is 16.0 Å². The lowest BCUT2D eigenvalue weighted by atomic mass is 10.1. The highest BCUT2D eigenvalue weighted by Gasteiger charge is 2.35. The maximum absolute atomic E-state index is 13.1. The number of amides is 3. The first kappa shape index (κ1) is 15.2. The second-order valence-electron chi connectivity index (χ2n) is 5.47. The lowest BCUT2D eigenvalue weighted by molar-refractivity contribution is -0.0461. The van der Waals surface area contributed by atoms with Gasteiger partial charge in [-0.15, -0.1) is 0 Å². The number of urea groups is 1. The second kappa shape index (κ2) is 5.49. The van der Waals surface area contributed by atoms with E-state index in [-0.39, 0.29) is 31.6 Å². The molecule has 3 amide bonds. The van der Waals surface area contributed by atoms with E-state index >= 15 is 0 Å². The summed E-state index contributed by atoms with van der Waals surface area (Å²) in [5.41, 5.74) is 6.35. The van der Waals surface area contributed by atoms with Crippen LogP contribution in [0.2, 0.25) is 0 Å². The number of halogens is 2. The fourth-order valence-corrected chi connectivity index (χ4v) is 2.52. The van der Waals surface area contributed by atoms with Gasteiger partial charge in [0.05, 0.1) is 5.52 Å². The molecule has 1 aliphatic heterocycles. The van der Waals surface area contributed by atoms with Crippen LogP contribution in [0.5, 0.6) is 0 Å². The molecule has 1 fully saturated rings. The fourth-order valence-electron chi connectivity index (χ4n) is 2.52. The molecule has 0 spiro atoms. The van der Waals surface area contributed by atoms with Crippen LogP contribution < -0.4 is 11.1 Å². The van der Waals surface area contributed by atoms with Gasteiger partial charge in [0.1, 0.15) is 0 Å². The summed E-state index contributed by atoms with van der Waals surface area (Å²) in [4.78, 5) is 24.8. The quantitative estimate of drug-likeness (QED) is 0.786. The van der Waals surface area contributed by atoms with Crippen LogP contribution in [0.15, 0.2) is 18.2 Å². The van der Waals surface area contributed by atoms with E-state index in [9.17, 15) is 18.4 Å². The number of nitrogens with zero attached hydrogens (tertiary/aromatic N) is 2. The van der Waals surface area contributed by atoms with Gasteiger partial charge in [0.25, 0.3) is 11.8 Å². The average Bonchev–Trinajstić information content (AvgIpc) is 2.90. The maximum atomic E-state index is 13.1. The Kier molecular flexibility index (Phi) is 3.63. The minimum atomic E-state index is -2.71. The Balaban J connectivity index is 1.75. The first-order valence-electron chi connectivity index (χ1n) is 7.07. The zero-order valence-electron chi connectivity index (χ0n) is 12.1. The van der Waals surface area contributed by atoms with Crippen molar-refractivity contribution >= 4 is 28.5 Å². The topological polar surface area (TPSA) is 104 Å². The first-order valence-corrected chi connectivity index (χ1v) is 7.07. The van der Waals surface area contributed by atoms with Gasteiger partial charge in [-0.1, -0.05) is 0 Å². The zero-order valence-corrected chi connectivity index (χ0v) is 12.1. The van der Waals surface area contributed by atoms with Gasteiger partial charge in [-0.05, 0) is 18.2 Å². The maximum Gasteiger partial charge on any atom is 0.321 e. The lowest BCUT2D eigenvalue weighted by Crippen LogP contribution is -2.44. The fraction of sp³-hybridized carbons (Fsp3) is 0.357. The highest BCUT2D eigenvalue weighted by atomic mass is 19.3. The van der Waals surface area contributed by atoms with Crippen LogP contribution in [0, 0.1) is 0 Å². The summed E-state index contributed by atoms with van der Waals surface area (Å²) in [5, 5.41) is 9.60. The number of alkyl halides is 2. The van der Waals surface area contributed by atoms with Gasteiger partial charge in [-0.25, -0.2) is 13.6 Å². The van der Waals surface area contributed by atoms with E-state index < -0.39 is 17.9 Å². The standard InChI is InChI=1S/C14H15F2N5O2/c15-14(16)3-5-21(6-4-14)13(23)18-8-1-2-10-9(7-8)11(12(17)22)20-19-10/h1-2,7H,3-6H2,(H2,17,22)(H,18,23)(H,19,20). The predicted octanol–water partition coefficient (Wildman–Crippen LogP) is 1.92. The molecule has 0 unspecified atom stereocenters. The largest absolute Gasteiger partial charge is 0.364 e. The molecule has 0 atom stereocenters. The molecule has 7 nitrogen and oxygen atoms in total. The van der Waals surface area contributed by atoms with E-state index in [2.05, 4.69) is 15.5 Å². The minimum Gasteiger partial charge on any atom is -0.364 e. The molecule has 0 radical (unpaired) electrons. The van der Waals surface area contributed by atoms with Crippen molar-refractivity contribution < 1.29 is 18.4 Å².